The monoisotopic (exact) mass is 247 g/mol. The lowest BCUT2D eigenvalue weighted by atomic mass is 9.95. The summed E-state index contributed by atoms with van der Waals surface area (Å²) < 4.78 is 4.60. The highest BCUT2D eigenvalue weighted by Crippen LogP contribution is 2.38. The fourth-order valence-electron chi connectivity index (χ4n) is 2.40. The van der Waals surface area contributed by atoms with Crippen molar-refractivity contribution in [1.82, 2.24) is 0 Å². The minimum atomic E-state index is -0.220. The topological polar surface area (TPSA) is 46.6 Å². The van der Waals surface area contributed by atoms with Crippen LogP contribution in [0.5, 0.6) is 0 Å². The van der Waals surface area contributed by atoms with Crippen LogP contribution in [0.1, 0.15) is 30.7 Å². The number of rotatable bonds is 4. The number of likely N-dealkylation sites (N-methyl/N-ethyl adjacent to an activating group) is 1. The number of esters is 1. The van der Waals surface area contributed by atoms with Gasteiger partial charge in [0.1, 0.15) is 0 Å². The molecule has 1 unspecified atom stereocenters. The number of nitrogens with zero attached hydrogens (tertiary/aromatic N) is 1. The molecule has 0 bridgehead atoms. The summed E-state index contributed by atoms with van der Waals surface area (Å²) in [5.74, 6) is -0.223. The fourth-order valence-corrected chi connectivity index (χ4v) is 2.40. The maximum Gasteiger partial charge on any atom is 0.305 e. The summed E-state index contributed by atoms with van der Waals surface area (Å²) in [6.07, 6.45) is 1.73. The number of ether oxygens (including phenoxy) is 1. The highest BCUT2D eigenvalue weighted by molar-refractivity contribution is 6.04. The Morgan fingerprint density at radius 1 is 1.39 bits per heavy atom. The Labute approximate surface area is 107 Å². The molecule has 0 N–H and O–H groups in total. The van der Waals surface area contributed by atoms with Gasteiger partial charge in [-0.05, 0) is 24.5 Å². The minimum absolute atomic E-state index is 0.112. The van der Waals surface area contributed by atoms with Gasteiger partial charge < -0.3 is 9.64 Å². The molecule has 0 saturated heterocycles. The molecule has 1 aromatic rings. The summed E-state index contributed by atoms with van der Waals surface area (Å²) >= 11 is 0. The van der Waals surface area contributed by atoms with Crippen molar-refractivity contribution in [2.24, 2.45) is 0 Å². The quantitative estimate of drug-likeness (QED) is 0.765. The standard InChI is InChI=1S/C14H17NO3/c1-15-12-8-4-3-6-10(12)11(14(15)17)7-5-9-13(16)18-2/h3-4,6,8,11H,5,7,9H2,1-2H3. The van der Waals surface area contributed by atoms with Crippen molar-refractivity contribution < 1.29 is 14.3 Å². The van der Waals surface area contributed by atoms with Crippen molar-refractivity contribution in [1.29, 1.82) is 0 Å². The van der Waals surface area contributed by atoms with E-state index in [9.17, 15) is 9.59 Å². The van der Waals surface area contributed by atoms with Crippen LogP contribution >= 0.6 is 0 Å². The van der Waals surface area contributed by atoms with Crippen molar-refractivity contribution >= 4 is 17.6 Å². The SMILES string of the molecule is COC(=O)CCCC1C(=O)N(C)c2ccccc21. The van der Waals surface area contributed by atoms with Crippen LogP contribution in [0.2, 0.25) is 0 Å². The van der Waals surface area contributed by atoms with Gasteiger partial charge in [-0.1, -0.05) is 18.2 Å². The van der Waals surface area contributed by atoms with Gasteiger partial charge in [-0.15, -0.1) is 0 Å². The molecule has 0 saturated carbocycles. The predicted molar refractivity (Wildman–Crippen MR) is 68.5 cm³/mol. The van der Waals surface area contributed by atoms with Crippen LogP contribution in [0, 0.1) is 0 Å². The molecule has 1 aromatic carbocycles. The first-order valence-corrected chi connectivity index (χ1v) is 6.08. The van der Waals surface area contributed by atoms with Gasteiger partial charge in [0.25, 0.3) is 0 Å². The smallest absolute Gasteiger partial charge is 0.305 e. The molecule has 4 heteroatoms. The first kappa shape index (κ1) is 12.6. The number of amides is 1. The molecule has 96 valence electrons. The lowest BCUT2D eigenvalue weighted by Gasteiger charge is -2.10. The van der Waals surface area contributed by atoms with E-state index in [0.717, 1.165) is 11.3 Å². The second-order valence-corrected chi connectivity index (χ2v) is 4.48. The summed E-state index contributed by atoms with van der Waals surface area (Å²) in [6.45, 7) is 0. The van der Waals surface area contributed by atoms with Crippen molar-refractivity contribution in [3.8, 4) is 0 Å². The molecule has 0 spiro atoms. The Morgan fingerprint density at radius 2 is 2.11 bits per heavy atom. The highest BCUT2D eigenvalue weighted by Gasteiger charge is 2.34. The van der Waals surface area contributed by atoms with Crippen molar-refractivity contribution in [3.63, 3.8) is 0 Å². The molecule has 18 heavy (non-hydrogen) atoms. The number of carbonyl (C=O) groups is 2. The normalized spacial score (nSPS) is 17.8. The van der Waals surface area contributed by atoms with Crippen LogP contribution < -0.4 is 4.90 Å². The molecule has 0 fully saturated rings. The summed E-state index contributed by atoms with van der Waals surface area (Å²) in [7, 11) is 3.17. The van der Waals surface area contributed by atoms with Crippen LogP contribution in [0.4, 0.5) is 5.69 Å². The number of para-hydroxylation sites is 1. The van der Waals surface area contributed by atoms with Crippen LogP contribution in [0.15, 0.2) is 24.3 Å². The maximum absolute atomic E-state index is 12.1. The van der Waals surface area contributed by atoms with E-state index < -0.39 is 0 Å². The van der Waals surface area contributed by atoms with Gasteiger partial charge in [-0.2, -0.15) is 0 Å². The second kappa shape index (κ2) is 5.21. The second-order valence-electron chi connectivity index (χ2n) is 4.48. The van der Waals surface area contributed by atoms with E-state index in [1.807, 2.05) is 24.3 Å². The van der Waals surface area contributed by atoms with E-state index in [2.05, 4.69) is 4.74 Å². The van der Waals surface area contributed by atoms with Gasteiger partial charge in [-0.25, -0.2) is 0 Å². The number of hydrogen-bond acceptors (Lipinski definition) is 3. The average Bonchev–Trinajstić information content (AvgIpc) is 2.64. The van der Waals surface area contributed by atoms with Gasteiger partial charge in [0.05, 0.1) is 13.0 Å². The molecule has 0 aromatic heterocycles. The number of anilines is 1. The van der Waals surface area contributed by atoms with Crippen LogP contribution in [-0.4, -0.2) is 26.0 Å². The summed E-state index contributed by atoms with van der Waals surface area (Å²) in [4.78, 5) is 24.9. The molecule has 1 amide bonds. The third kappa shape index (κ3) is 2.23. The summed E-state index contributed by atoms with van der Waals surface area (Å²) in [6, 6.07) is 7.81. The zero-order chi connectivity index (χ0) is 13.1. The van der Waals surface area contributed by atoms with Gasteiger partial charge in [0.15, 0.2) is 0 Å². The molecule has 4 nitrogen and oxygen atoms in total. The fraction of sp³-hybridized carbons (Fsp3) is 0.429. The van der Waals surface area contributed by atoms with Crippen LogP contribution in [-0.2, 0) is 14.3 Å². The van der Waals surface area contributed by atoms with E-state index in [-0.39, 0.29) is 17.8 Å². The molecule has 2 rings (SSSR count). The van der Waals surface area contributed by atoms with Gasteiger partial charge in [0, 0.05) is 19.2 Å². The Kier molecular flexibility index (Phi) is 3.65. The van der Waals surface area contributed by atoms with E-state index in [1.165, 1.54) is 7.11 Å². The highest BCUT2D eigenvalue weighted by atomic mass is 16.5. The minimum Gasteiger partial charge on any atom is -0.469 e. The summed E-state index contributed by atoms with van der Waals surface area (Å²) in [5, 5.41) is 0. The van der Waals surface area contributed by atoms with Crippen molar-refractivity contribution in [3.05, 3.63) is 29.8 Å². The van der Waals surface area contributed by atoms with E-state index in [0.29, 0.717) is 19.3 Å². The van der Waals surface area contributed by atoms with Gasteiger partial charge in [-0.3, -0.25) is 9.59 Å². The molecule has 1 aliphatic heterocycles. The first-order valence-electron chi connectivity index (χ1n) is 6.08. The molecular weight excluding hydrogens is 230 g/mol. The van der Waals surface area contributed by atoms with Crippen molar-refractivity contribution in [2.45, 2.75) is 25.2 Å². The third-order valence-corrected chi connectivity index (χ3v) is 3.40. The Morgan fingerprint density at radius 3 is 2.83 bits per heavy atom. The van der Waals surface area contributed by atoms with Crippen LogP contribution in [0.25, 0.3) is 0 Å². The number of benzene rings is 1. The maximum atomic E-state index is 12.1. The van der Waals surface area contributed by atoms with E-state index in [1.54, 1.807) is 11.9 Å². The first-order chi connectivity index (χ1) is 8.65. The Hall–Kier alpha value is -1.84. The molecule has 0 aliphatic carbocycles. The zero-order valence-electron chi connectivity index (χ0n) is 10.7. The van der Waals surface area contributed by atoms with E-state index in [4.69, 9.17) is 0 Å². The summed E-state index contributed by atoms with van der Waals surface area (Å²) in [5.41, 5.74) is 2.04. The van der Waals surface area contributed by atoms with Crippen molar-refractivity contribution in [2.75, 3.05) is 19.1 Å². The van der Waals surface area contributed by atoms with Crippen LogP contribution in [0.3, 0.4) is 0 Å². The van der Waals surface area contributed by atoms with Gasteiger partial charge >= 0.3 is 5.97 Å². The molecular formula is C14H17NO3. The number of methoxy groups -OCH3 is 1. The third-order valence-electron chi connectivity index (χ3n) is 3.40. The molecule has 1 aliphatic rings. The zero-order valence-corrected chi connectivity index (χ0v) is 10.7. The van der Waals surface area contributed by atoms with Gasteiger partial charge in [0.2, 0.25) is 5.91 Å². The largest absolute Gasteiger partial charge is 0.469 e. The Bertz CT molecular complexity index is 470. The molecule has 0 radical (unpaired) electrons. The lowest BCUT2D eigenvalue weighted by Crippen LogP contribution is -2.24. The number of hydrogen-bond donors (Lipinski definition) is 0. The lowest BCUT2D eigenvalue weighted by molar-refractivity contribution is -0.140. The average molecular weight is 247 g/mol. The Balaban J connectivity index is 2.05. The number of carbonyl (C=O) groups excluding carboxylic acids is 2. The molecule has 1 heterocycles. The predicted octanol–water partition coefficient (Wildman–Crippen LogP) is 2.09. The molecule has 1 atom stereocenters. The van der Waals surface area contributed by atoms with E-state index >= 15 is 0 Å². The number of fused-ring (bicyclic) bond motifs is 1.